The quantitative estimate of drug-likeness (QED) is 0.337. The smallest absolute Gasteiger partial charge is 0.270 e. The Kier molecular flexibility index (Phi) is 6.46. The summed E-state index contributed by atoms with van der Waals surface area (Å²) in [6.07, 6.45) is 1.40. The summed E-state index contributed by atoms with van der Waals surface area (Å²) in [5.74, 6) is -1.08. The van der Waals surface area contributed by atoms with Gasteiger partial charge in [0.25, 0.3) is 11.8 Å². The highest BCUT2D eigenvalue weighted by molar-refractivity contribution is 7.80. The number of thiocarbonyl (C=S) groups is 1. The molecule has 0 aliphatic carbocycles. The van der Waals surface area contributed by atoms with Gasteiger partial charge in [-0.25, -0.2) is 9.29 Å². The average molecular weight is 463 g/mol. The molecule has 0 saturated carbocycles. The van der Waals surface area contributed by atoms with Crippen LogP contribution in [-0.4, -0.2) is 24.0 Å². The van der Waals surface area contributed by atoms with Gasteiger partial charge in [0.15, 0.2) is 16.6 Å². The summed E-state index contributed by atoms with van der Waals surface area (Å²) < 4.78 is 25.6. The van der Waals surface area contributed by atoms with Crippen molar-refractivity contribution < 1.29 is 23.5 Å². The molecule has 0 spiro atoms. The van der Waals surface area contributed by atoms with E-state index in [4.69, 9.17) is 21.7 Å². The van der Waals surface area contributed by atoms with E-state index in [0.29, 0.717) is 23.7 Å². The normalized spacial score (nSPS) is 14.9. The number of para-hydroxylation sites is 1. The number of benzene rings is 3. The van der Waals surface area contributed by atoms with E-state index >= 15 is 0 Å². The lowest BCUT2D eigenvalue weighted by atomic mass is 10.1. The minimum atomic E-state index is -0.725. The molecule has 0 aromatic heterocycles. The molecule has 33 heavy (non-hydrogen) atoms. The topological polar surface area (TPSA) is 67.9 Å². The number of nitrogens with one attached hydrogen (secondary N) is 1. The summed E-state index contributed by atoms with van der Waals surface area (Å²) in [5, 5.41) is 2.26. The summed E-state index contributed by atoms with van der Waals surface area (Å²) >= 11 is 5.11. The SMILES string of the molecule is COc1cc(/C=C2\C(=O)NC(=S)N(c3ccccc3F)C2=O)ccc1OCc1ccccc1. The van der Waals surface area contributed by atoms with Crippen LogP contribution in [0.2, 0.25) is 0 Å². The average Bonchev–Trinajstić information content (AvgIpc) is 2.82. The Morgan fingerprint density at radius 2 is 1.73 bits per heavy atom. The van der Waals surface area contributed by atoms with Gasteiger partial charge < -0.3 is 9.47 Å². The lowest BCUT2D eigenvalue weighted by molar-refractivity contribution is -0.122. The van der Waals surface area contributed by atoms with Crippen LogP contribution in [0.15, 0.2) is 78.4 Å². The predicted molar refractivity (Wildman–Crippen MR) is 126 cm³/mol. The van der Waals surface area contributed by atoms with Crippen molar-refractivity contribution in [1.29, 1.82) is 0 Å². The highest BCUT2D eigenvalue weighted by Crippen LogP contribution is 2.31. The van der Waals surface area contributed by atoms with E-state index in [1.165, 1.54) is 31.4 Å². The zero-order valence-electron chi connectivity index (χ0n) is 17.6. The third kappa shape index (κ3) is 4.75. The van der Waals surface area contributed by atoms with Gasteiger partial charge in [-0.2, -0.15) is 0 Å². The zero-order valence-corrected chi connectivity index (χ0v) is 18.4. The number of nitrogens with zero attached hydrogens (tertiary/aromatic N) is 1. The second-order valence-corrected chi connectivity index (χ2v) is 7.48. The molecule has 8 heteroatoms. The Hall–Kier alpha value is -4.04. The minimum absolute atomic E-state index is 0.0411. The number of carbonyl (C=O) groups excluding carboxylic acids is 2. The zero-order chi connectivity index (χ0) is 23.4. The van der Waals surface area contributed by atoms with Crippen LogP contribution in [0.25, 0.3) is 6.08 Å². The largest absolute Gasteiger partial charge is 0.493 e. The van der Waals surface area contributed by atoms with Crippen LogP contribution < -0.4 is 19.7 Å². The van der Waals surface area contributed by atoms with Gasteiger partial charge in [-0.15, -0.1) is 0 Å². The van der Waals surface area contributed by atoms with E-state index in [1.54, 1.807) is 24.3 Å². The molecule has 3 aromatic rings. The van der Waals surface area contributed by atoms with Crippen molar-refractivity contribution in [3.63, 3.8) is 0 Å². The van der Waals surface area contributed by atoms with Gasteiger partial charge in [0.1, 0.15) is 18.0 Å². The van der Waals surface area contributed by atoms with Crippen LogP contribution in [0.1, 0.15) is 11.1 Å². The third-order valence-electron chi connectivity index (χ3n) is 4.93. The first kappa shape index (κ1) is 22.2. The number of halogens is 1. The number of rotatable bonds is 6. The molecule has 0 unspecified atom stereocenters. The van der Waals surface area contributed by atoms with E-state index in [1.807, 2.05) is 30.3 Å². The van der Waals surface area contributed by atoms with Crippen LogP contribution in [0, 0.1) is 5.82 Å². The Balaban J connectivity index is 1.61. The van der Waals surface area contributed by atoms with E-state index in [9.17, 15) is 14.0 Å². The van der Waals surface area contributed by atoms with Gasteiger partial charge in [0.05, 0.1) is 12.8 Å². The first-order chi connectivity index (χ1) is 16.0. The van der Waals surface area contributed by atoms with E-state index < -0.39 is 17.6 Å². The molecular weight excluding hydrogens is 443 g/mol. The third-order valence-corrected chi connectivity index (χ3v) is 5.22. The van der Waals surface area contributed by atoms with Crippen molar-refractivity contribution in [1.82, 2.24) is 5.32 Å². The number of methoxy groups -OCH3 is 1. The van der Waals surface area contributed by atoms with Crippen molar-refractivity contribution in [3.05, 3.63) is 95.3 Å². The fourth-order valence-corrected chi connectivity index (χ4v) is 3.58. The summed E-state index contributed by atoms with van der Waals surface area (Å²) in [4.78, 5) is 26.5. The molecule has 1 aliphatic heterocycles. The summed E-state index contributed by atoms with van der Waals surface area (Å²) in [5.41, 5.74) is 1.30. The lowest BCUT2D eigenvalue weighted by Crippen LogP contribution is -2.54. The molecule has 1 heterocycles. The molecule has 0 bridgehead atoms. The summed E-state index contributed by atoms with van der Waals surface area (Å²) in [6.45, 7) is 0.355. The van der Waals surface area contributed by atoms with Crippen LogP contribution >= 0.6 is 12.2 Å². The van der Waals surface area contributed by atoms with Crippen LogP contribution in [0.4, 0.5) is 10.1 Å². The van der Waals surface area contributed by atoms with Crippen molar-refractivity contribution in [2.45, 2.75) is 6.61 Å². The molecule has 4 rings (SSSR count). The number of anilines is 1. The predicted octanol–water partition coefficient (Wildman–Crippen LogP) is 4.24. The molecule has 1 aliphatic rings. The fourth-order valence-electron chi connectivity index (χ4n) is 3.30. The molecule has 166 valence electrons. The van der Waals surface area contributed by atoms with Crippen molar-refractivity contribution >= 4 is 40.9 Å². The van der Waals surface area contributed by atoms with Gasteiger partial charge in [0, 0.05) is 0 Å². The molecular formula is C25H19FN2O4S. The van der Waals surface area contributed by atoms with E-state index in [0.717, 1.165) is 10.5 Å². The summed E-state index contributed by atoms with van der Waals surface area (Å²) in [7, 11) is 1.50. The maximum atomic E-state index is 14.3. The summed E-state index contributed by atoms with van der Waals surface area (Å²) in [6, 6.07) is 20.4. The number of hydrogen-bond donors (Lipinski definition) is 1. The first-order valence-electron chi connectivity index (χ1n) is 9.98. The molecule has 0 radical (unpaired) electrons. The minimum Gasteiger partial charge on any atom is -0.493 e. The van der Waals surface area contributed by atoms with Crippen molar-refractivity contribution in [3.8, 4) is 11.5 Å². The second kappa shape index (κ2) is 9.62. The van der Waals surface area contributed by atoms with Gasteiger partial charge in [-0.1, -0.05) is 48.5 Å². The van der Waals surface area contributed by atoms with Gasteiger partial charge >= 0.3 is 0 Å². The number of carbonyl (C=O) groups is 2. The maximum Gasteiger partial charge on any atom is 0.270 e. The number of hydrogen-bond acceptors (Lipinski definition) is 5. The van der Waals surface area contributed by atoms with Crippen molar-refractivity contribution in [2.24, 2.45) is 0 Å². The van der Waals surface area contributed by atoms with Crippen molar-refractivity contribution in [2.75, 3.05) is 12.0 Å². The number of ether oxygens (including phenoxy) is 2. The highest BCUT2D eigenvalue weighted by Gasteiger charge is 2.35. The maximum absolute atomic E-state index is 14.3. The van der Waals surface area contributed by atoms with Crippen LogP contribution in [0.3, 0.4) is 0 Å². The molecule has 1 N–H and O–H groups in total. The monoisotopic (exact) mass is 462 g/mol. The van der Waals surface area contributed by atoms with Gasteiger partial charge in [-0.3, -0.25) is 14.9 Å². The molecule has 2 amide bonds. The van der Waals surface area contributed by atoms with Gasteiger partial charge in [0.2, 0.25) is 0 Å². The molecule has 1 saturated heterocycles. The first-order valence-corrected chi connectivity index (χ1v) is 10.4. The Morgan fingerprint density at radius 3 is 2.45 bits per heavy atom. The van der Waals surface area contributed by atoms with E-state index in [-0.39, 0.29) is 16.4 Å². The lowest BCUT2D eigenvalue weighted by Gasteiger charge is -2.29. The highest BCUT2D eigenvalue weighted by atomic mass is 32.1. The standard InChI is InChI=1S/C25H19FN2O4S/c1-31-22-14-17(11-12-21(22)32-15-16-7-3-2-4-8-16)13-18-23(29)27-25(33)28(24(18)30)20-10-6-5-9-19(20)26/h2-14H,15H2,1H3,(H,27,29,33)/b18-13+. The molecule has 1 fully saturated rings. The Morgan fingerprint density at radius 1 is 1.00 bits per heavy atom. The van der Waals surface area contributed by atoms with Gasteiger partial charge in [-0.05, 0) is 53.7 Å². The van der Waals surface area contributed by atoms with Crippen LogP contribution in [0.5, 0.6) is 11.5 Å². The van der Waals surface area contributed by atoms with Crippen LogP contribution in [-0.2, 0) is 16.2 Å². The molecule has 6 nitrogen and oxygen atoms in total. The second-order valence-electron chi connectivity index (χ2n) is 7.09. The number of amides is 2. The Labute approximate surface area is 195 Å². The molecule has 0 atom stereocenters. The molecule has 3 aromatic carbocycles. The Bertz CT molecular complexity index is 1260. The fraction of sp³-hybridized carbons (Fsp3) is 0.0800. The van der Waals surface area contributed by atoms with E-state index in [2.05, 4.69) is 5.32 Å².